The Hall–Kier alpha value is -1.96. The van der Waals surface area contributed by atoms with E-state index >= 15 is 0 Å². The van der Waals surface area contributed by atoms with Gasteiger partial charge in [-0.1, -0.05) is 13.3 Å². The molecule has 0 atom stereocenters. The number of amides is 1. The number of carbonyl (C=O) groups is 1. The summed E-state index contributed by atoms with van der Waals surface area (Å²) in [4.78, 5) is 42.0. The van der Waals surface area contributed by atoms with Crippen molar-refractivity contribution in [2.45, 2.75) is 45.6 Å². The molecule has 1 fully saturated rings. The second kappa shape index (κ2) is 6.66. The van der Waals surface area contributed by atoms with Gasteiger partial charge in [-0.05, 0) is 37.2 Å². The molecular formula is C15H20N4O3S. The van der Waals surface area contributed by atoms with Crippen molar-refractivity contribution < 1.29 is 4.79 Å². The van der Waals surface area contributed by atoms with Crippen LogP contribution in [0.3, 0.4) is 0 Å². The third-order valence-corrected chi connectivity index (χ3v) is 5.02. The van der Waals surface area contributed by atoms with E-state index in [4.69, 9.17) is 0 Å². The highest BCUT2D eigenvalue weighted by molar-refractivity contribution is 7.09. The number of carbonyl (C=O) groups excluding carboxylic acids is 1. The number of aromatic amines is 1. The van der Waals surface area contributed by atoms with Crippen LogP contribution in [0.25, 0.3) is 11.0 Å². The fourth-order valence-corrected chi connectivity index (χ4v) is 3.65. The number of H-pyrrole nitrogens is 1. The molecular weight excluding hydrogens is 316 g/mol. The van der Waals surface area contributed by atoms with Gasteiger partial charge >= 0.3 is 5.69 Å². The predicted octanol–water partition coefficient (Wildman–Crippen LogP) is 1.57. The van der Waals surface area contributed by atoms with E-state index < -0.39 is 11.2 Å². The molecule has 0 unspecified atom stereocenters. The summed E-state index contributed by atoms with van der Waals surface area (Å²) in [7, 11) is 0. The second-order valence-electron chi connectivity index (χ2n) is 5.83. The Kier molecular flexibility index (Phi) is 4.61. The Labute approximate surface area is 137 Å². The zero-order valence-corrected chi connectivity index (χ0v) is 13.9. The van der Waals surface area contributed by atoms with Crippen molar-refractivity contribution in [3.8, 4) is 0 Å². The van der Waals surface area contributed by atoms with Gasteiger partial charge in [-0.25, -0.2) is 4.79 Å². The van der Waals surface area contributed by atoms with Crippen LogP contribution in [0.4, 0.5) is 0 Å². The number of rotatable bonds is 4. The monoisotopic (exact) mass is 336 g/mol. The molecule has 3 rings (SSSR count). The molecule has 2 aromatic heterocycles. The number of piperidine rings is 1. The molecule has 1 aliphatic heterocycles. The molecule has 0 spiro atoms. The summed E-state index contributed by atoms with van der Waals surface area (Å²) >= 11 is 0.995. The third-order valence-electron chi connectivity index (χ3n) is 4.19. The maximum Gasteiger partial charge on any atom is 0.328 e. The van der Waals surface area contributed by atoms with Crippen molar-refractivity contribution >= 4 is 28.5 Å². The molecule has 0 saturated carbocycles. The molecule has 1 amide bonds. The highest BCUT2D eigenvalue weighted by atomic mass is 32.1. The van der Waals surface area contributed by atoms with E-state index in [-0.39, 0.29) is 16.9 Å². The van der Waals surface area contributed by atoms with Crippen molar-refractivity contribution in [1.29, 1.82) is 0 Å². The van der Waals surface area contributed by atoms with E-state index in [0.717, 1.165) is 56.7 Å². The quantitative estimate of drug-likeness (QED) is 0.918. The Morgan fingerprint density at radius 1 is 1.26 bits per heavy atom. The van der Waals surface area contributed by atoms with Crippen molar-refractivity contribution in [1.82, 2.24) is 18.8 Å². The van der Waals surface area contributed by atoms with Gasteiger partial charge in [0.25, 0.3) is 11.5 Å². The number of aromatic nitrogens is 3. The van der Waals surface area contributed by atoms with Crippen molar-refractivity contribution in [2.24, 2.45) is 0 Å². The number of nitrogens with zero attached hydrogens (tertiary/aromatic N) is 3. The first-order valence-corrected chi connectivity index (χ1v) is 8.82. The number of unbranched alkanes of at least 4 members (excludes halogenated alkanes) is 1. The van der Waals surface area contributed by atoms with Gasteiger partial charge in [0.05, 0.1) is 5.52 Å². The minimum absolute atomic E-state index is 0.140. The first-order chi connectivity index (χ1) is 11.1. The maximum atomic E-state index is 12.6. The summed E-state index contributed by atoms with van der Waals surface area (Å²) in [6, 6.07) is 0. The van der Waals surface area contributed by atoms with E-state index in [0.29, 0.717) is 11.4 Å². The lowest BCUT2D eigenvalue weighted by atomic mass is 10.1. The molecule has 0 radical (unpaired) electrons. The van der Waals surface area contributed by atoms with Gasteiger partial charge in [0, 0.05) is 19.6 Å². The van der Waals surface area contributed by atoms with Crippen LogP contribution in [-0.2, 0) is 6.54 Å². The number of fused-ring (bicyclic) bond motifs is 1. The lowest BCUT2D eigenvalue weighted by Crippen LogP contribution is -2.37. The molecule has 1 N–H and O–H groups in total. The summed E-state index contributed by atoms with van der Waals surface area (Å²) in [5.74, 6) is -0.140. The summed E-state index contributed by atoms with van der Waals surface area (Å²) in [5.41, 5.74) is -0.408. The summed E-state index contributed by atoms with van der Waals surface area (Å²) in [6.07, 6.45) is 4.75. The third kappa shape index (κ3) is 2.95. The van der Waals surface area contributed by atoms with Gasteiger partial charge < -0.3 is 9.88 Å². The van der Waals surface area contributed by atoms with E-state index in [1.807, 2.05) is 6.92 Å². The predicted molar refractivity (Wildman–Crippen MR) is 89.2 cm³/mol. The number of hydrogen-bond donors (Lipinski definition) is 1. The van der Waals surface area contributed by atoms with Gasteiger partial charge in [-0.2, -0.15) is 4.37 Å². The van der Waals surface area contributed by atoms with E-state index in [2.05, 4.69) is 9.36 Å². The Morgan fingerprint density at radius 3 is 2.70 bits per heavy atom. The van der Waals surface area contributed by atoms with Gasteiger partial charge in [-0.3, -0.25) is 14.2 Å². The van der Waals surface area contributed by atoms with Crippen molar-refractivity contribution in [2.75, 3.05) is 13.1 Å². The number of likely N-dealkylation sites (tertiary alicyclic amines) is 1. The first kappa shape index (κ1) is 15.9. The number of hydrogen-bond acceptors (Lipinski definition) is 5. The lowest BCUT2D eigenvalue weighted by Gasteiger charge is -2.26. The van der Waals surface area contributed by atoms with Crippen molar-refractivity contribution in [3.05, 3.63) is 25.7 Å². The maximum absolute atomic E-state index is 12.6. The highest BCUT2D eigenvalue weighted by Crippen LogP contribution is 2.21. The molecule has 1 saturated heterocycles. The lowest BCUT2D eigenvalue weighted by molar-refractivity contribution is 0.0731. The van der Waals surface area contributed by atoms with Crippen LogP contribution >= 0.6 is 11.5 Å². The molecule has 7 nitrogen and oxygen atoms in total. The molecule has 1 aliphatic rings. The molecule has 0 bridgehead atoms. The van der Waals surface area contributed by atoms with Crippen LogP contribution in [0.1, 0.15) is 48.7 Å². The largest absolute Gasteiger partial charge is 0.338 e. The smallest absolute Gasteiger partial charge is 0.328 e. The van der Waals surface area contributed by atoms with Gasteiger partial charge in [-0.15, -0.1) is 0 Å². The zero-order chi connectivity index (χ0) is 16.4. The van der Waals surface area contributed by atoms with Crippen LogP contribution in [0.5, 0.6) is 0 Å². The molecule has 124 valence electrons. The molecule has 3 heterocycles. The number of nitrogens with one attached hydrogen (secondary N) is 1. The normalized spacial score (nSPS) is 15.3. The molecule has 0 aliphatic carbocycles. The van der Waals surface area contributed by atoms with E-state index in [9.17, 15) is 14.4 Å². The fraction of sp³-hybridized carbons (Fsp3) is 0.600. The van der Waals surface area contributed by atoms with Gasteiger partial charge in [0.1, 0.15) is 4.88 Å². The Balaban J connectivity index is 2.02. The Morgan fingerprint density at radius 2 is 2.00 bits per heavy atom. The standard InChI is InChI=1S/C15H20N4O3S/c1-2-3-9-19-13(20)11-10(16-15(19)22)12(23-17-11)14(21)18-7-5-4-6-8-18/h2-9H2,1H3,(H,16,22). The second-order valence-corrected chi connectivity index (χ2v) is 6.60. The molecule has 0 aromatic carbocycles. The molecule has 8 heteroatoms. The van der Waals surface area contributed by atoms with Crippen LogP contribution in [0.15, 0.2) is 9.59 Å². The summed E-state index contributed by atoms with van der Waals surface area (Å²) in [6.45, 7) is 3.80. The minimum Gasteiger partial charge on any atom is -0.338 e. The fourth-order valence-electron chi connectivity index (χ4n) is 2.85. The highest BCUT2D eigenvalue weighted by Gasteiger charge is 2.24. The average Bonchev–Trinajstić information content (AvgIpc) is 2.98. The van der Waals surface area contributed by atoms with Crippen LogP contribution < -0.4 is 11.2 Å². The Bertz CT molecular complexity index is 829. The summed E-state index contributed by atoms with van der Waals surface area (Å²) < 4.78 is 5.30. The minimum atomic E-state index is -0.469. The zero-order valence-electron chi connectivity index (χ0n) is 13.1. The topological polar surface area (TPSA) is 88.1 Å². The van der Waals surface area contributed by atoms with E-state index in [1.54, 1.807) is 4.90 Å². The van der Waals surface area contributed by atoms with Crippen LogP contribution in [0, 0.1) is 0 Å². The average molecular weight is 336 g/mol. The van der Waals surface area contributed by atoms with Crippen molar-refractivity contribution in [3.63, 3.8) is 0 Å². The van der Waals surface area contributed by atoms with Crippen LogP contribution in [0.2, 0.25) is 0 Å². The molecule has 23 heavy (non-hydrogen) atoms. The van der Waals surface area contributed by atoms with Gasteiger partial charge in [0.2, 0.25) is 0 Å². The molecule has 2 aromatic rings. The van der Waals surface area contributed by atoms with Crippen LogP contribution in [-0.4, -0.2) is 37.8 Å². The van der Waals surface area contributed by atoms with E-state index in [1.165, 1.54) is 4.57 Å². The van der Waals surface area contributed by atoms with Gasteiger partial charge in [0.15, 0.2) is 5.52 Å². The first-order valence-electron chi connectivity index (χ1n) is 8.05. The SMILES string of the molecule is CCCCn1c(=O)[nH]c2c(C(=O)N3CCCCC3)snc2c1=O. The summed E-state index contributed by atoms with van der Waals surface area (Å²) in [5, 5.41) is 0.